The van der Waals surface area contributed by atoms with E-state index in [-0.39, 0.29) is 24.8 Å². The molecule has 0 saturated heterocycles. The zero-order valence-corrected chi connectivity index (χ0v) is 15.4. The number of rotatable bonds is 9. The van der Waals surface area contributed by atoms with Crippen molar-refractivity contribution in [1.29, 1.82) is 0 Å². The van der Waals surface area contributed by atoms with E-state index in [0.29, 0.717) is 18.9 Å². The lowest BCUT2D eigenvalue weighted by atomic mass is 10.1. The monoisotopic (exact) mass is 359 g/mol. The van der Waals surface area contributed by atoms with E-state index in [0.717, 1.165) is 11.3 Å². The standard InChI is InChI=1S/C20H25NO5/c1-4-25-17-9-7-16(8-10-17)12-19(22)21(13-15(2)20(23)24-3)14-18-6-5-11-26-18/h5-11,15H,4,12-14H2,1-3H3. The molecule has 140 valence electrons. The van der Waals surface area contributed by atoms with Gasteiger partial charge in [-0.1, -0.05) is 19.1 Å². The number of ether oxygens (including phenoxy) is 2. The minimum Gasteiger partial charge on any atom is -0.494 e. The van der Waals surface area contributed by atoms with Crippen molar-refractivity contribution in [3.8, 4) is 5.75 Å². The van der Waals surface area contributed by atoms with Crippen LogP contribution in [0.25, 0.3) is 0 Å². The molecule has 1 unspecified atom stereocenters. The highest BCUT2D eigenvalue weighted by molar-refractivity contribution is 5.80. The van der Waals surface area contributed by atoms with Crippen LogP contribution in [0.5, 0.6) is 5.75 Å². The van der Waals surface area contributed by atoms with E-state index < -0.39 is 5.92 Å². The van der Waals surface area contributed by atoms with E-state index in [2.05, 4.69) is 0 Å². The highest BCUT2D eigenvalue weighted by Crippen LogP contribution is 2.15. The number of carbonyl (C=O) groups is 2. The van der Waals surface area contributed by atoms with E-state index in [4.69, 9.17) is 13.9 Å². The molecule has 1 heterocycles. The summed E-state index contributed by atoms with van der Waals surface area (Å²) >= 11 is 0. The number of hydrogen-bond donors (Lipinski definition) is 0. The minimum atomic E-state index is -0.417. The fourth-order valence-corrected chi connectivity index (χ4v) is 2.61. The van der Waals surface area contributed by atoms with Crippen LogP contribution in [0.4, 0.5) is 0 Å². The molecule has 0 aliphatic carbocycles. The maximum atomic E-state index is 12.8. The average Bonchev–Trinajstić information content (AvgIpc) is 3.15. The summed E-state index contributed by atoms with van der Waals surface area (Å²) in [5.74, 6) is 0.599. The van der Waals surface area contributed by atoms with E-state index in [1.165, 1.54) is 7.11 Å². The zero-order chi connectivity index (χ0) is 18.9. The van der Waals surface area contributed by atoms with Gasteiger partial charge < -0.3 is 18.8 Å². The molecular weight excluding hydrogens is 334 g/mol. The Morgan fingerprint density at radius 2 is 1.92 bits per heavy atom. The van der Waals surface area contributed by atoms with Crippen molar-refractivity contribution in [3.05, 3.63) is 54.0 Å². The quantitative estimate of drug-likeness (QED) is 0.644. The highest BCUT2D eigenvalue weighted by atomic mass is 16.5. The van der Waals surface area contributed by atoms with Gasteiger partial charge in [0, 0.05) is 6.54 Å². The molecule has 1 aromatic carbocycles. The molecule has 2 rings (SSSR count). The van der Waals surface area contributed by atoms with Gasteiger partial charge in [-0.25, -0.2) is 0 Å². The molecule has 0 aliphatic rings. The molecule has 0 fully saturated rings. The first-order valence-corrected chi connectivity index (χ1v) is 8.63. The van der Waals surface area contributed by atoms with E-state index >= 15 is 0 Å². The molecule has 6 heteroatoms. The molecule has 0 spiro atoms. The molecule has 1 amide bonds. The van der Waals surface area contributed by atoms with E-state index in [1.807, 2.05) is 31.2 Å². The maximum absolute atomic E-state index is 12.8. The van der Waals surface area contributed by atoms with Gasteiger partial charge in [0.25, 0.3) is 0 Å². The molecule has 0 N–H and O–H groups in total. The normalized spacial score (nSPS) is 11.7. The largest absolute Gasteiger partial charge is 0.494 e. The van der Waals surface area contributed by atoms with Crippen molar-refractivity contribution in [2.75, 3.05) is 20.3 Å². The summed E-state index contributed by atoms with van der Waals surface area (Å²) in [6, 6.07) is 11.0. The van der Waals surface area contributed by atoms with Gasteiger partial charge in [0.1, 0.15) is 11.5 Å². The average molecular weight is 359 g/mol. The van der Waals surface area contributed by atoms with Crippen LogP contribution in [-0.4, -0.2) is 37.0 Å². The van der Waals surface area contributed by atoms with Gasteiger partial charge in [-0.05, 0) is 36.8 Å². The van der Waals surface area contributed by atoms with Crippen molar-refractivity contribution in [2.24, 2.45) is 5.92 Å². The predicted molar refractivity (Wildman–Crippen MR) is 96.6 cm³/mol. The topological polar surface area (TPSA) is 69.0 Å². The second-order valence-corrected chi connectivity index (χ2v) is 6.03. The fraction of sp³-hybridized carbons (Fsp3) is 0.400. The number of benzene rings is 1. The molecule has 1 aromatic heterocycles. The zero-order valence-electron chi connectivity index (χ0n) is 15.4. The van der Waals surface area contributed by atoms with Crippen molar-refractivity contribution in [1.82, 2.24) is 4.90 Å². The number of methoxy groups -OCH3 is 1. The smallest absolute Gasteiger partial charge is 0.310 e. The van der Waals surface area contributed by atoms with Gasteiger partial charge >= 0.3 is 5.97 Å². The molecule has 26 heavy (non-hydrogen) atoms. The number of furan rings is 1. The number of amides is 1. The van der Waals surface area contributed by atoms with Gasteiger partial charge in [-0.15, -0.1) is 0 Å². The summed E-state index contributed by atoms with van der Waals surface area (Å²) in [4.78, 5) is 26.2. The number of hydrogen-bond acceptors (Lipinski definition) is 5. The molecule has 0 aliphatic heterocycles. The second kappa shape index (κ2) is 9.65. The molecule has 6 nitrogen and oxygen atoms in total. The first-order valence-electron chi connectivity index (χ1n) is 8.63. The predicted octanol–water partition coefficient (Wildman–Crippen LogP) is 3.06. The third kappa shape index (κ3) is 5.65. The van der Waals surface area contributed by atoms with Crippen LogP contribution in [0, 0.1) is 5.92 Å². The second-order valence-electron chi connectivity index (χ2n) is 6.03. The van der Waals surface area contributed by atoms with Crippen molar-refractivity contribution in [3.63, 3.8) is 0 Å². The third-order valence-corrected chi connectivity index (χ3v) is 3.97. The molecule has 1 atom stereocenters. The summed E-state index contributed by atoms with van der Waals surface area (Å²) < 4.78 is 15.5. The number of nitrogens with zero attached hydrogens (tertiary/aromatic N) is 1. The maximum Gasteiger partial charge on any atom is 0.310 e. The van der Waals surface area contributed by atoms with Crippen LogP contribution in [0.1, 0.15) is 25.2 Å². The molecule has 2 aromatic rings. The third-order valence-electron chi connectivity index (χ3n) is 3.97. The van der Waals surface area contributed by atoms with Crippen LogP contribution < -0.4 is 4.74 Å². The Hall–Kier alpha value is -2.76. The Kier molecular flexibility index (Phi) is 7.26. The van der Waals surface area contributed by atoms with Crippen LogP contribution in [0.3, 0.4) is 0 Å². The summed E-state index contributed by atoms with van der Waals surface area (Å²) in [5.41, 5.74) is 0.883. The lowest BCUT2D eigenvalue weighted by molar-refractivity contribution is -0.146. The first-order chi connectivity index (χ1) is 12.5. The van der Waals surface area contributed by atoms with Crippen molar-refractivity contribution >= 4 is 11.9 Å². The summed E-state index contributed by atoms with van der Waals surface area (Å²) in [6.07, 6.45) is 1.80. The van der Waals surface area contributed by atoms with Crippen molar-refractivity contribution < 1.29 is 23.5 Å². The lowest BCUT2D eigenvalue weighted by Crippen LogP contribution is -2.37. The Balaban J connectivity index is 2.07. The summed E-state index contributed by atoms with van der Waals surface area (Å²) in [5, 5.41) is 0. The Morgan fingerprint density at radius 1 is 1.19 bits per heavy atom. The lowest BCUT2D eigenvalue weighted by Gasteiger charge is -2.24. The highest BCUT2D eigenvalue weighted by Gasteiger charge is 2.22. The van der Waals surface area contributed by atoms with Crippen LogP contribution >= 0.6 is 0 Å². The van der Waals surface area contributed by atoms with Gasteiger partial charge in [-0.3, -0.25) is 9.59 Å². The molecule has 0 bridgehead atoms. The Morgan fingerprint density at radius 3 is 2.50 bits per heavy atom. The van der Waals surface area contributed by atoms with Gasteiger partial charge in [0.2, 0.25) is 5.91 Å². The summed E-state index contributed by atoms with van der Waals surface area (Å²) in [7, 11) is 1.34. The van der Waals surface area contributed by atoms with Crippen LogP contribution in [0.2, 0.25) is 0 Å². The molecular formula is C20H25NO5. The number of carbonyl (C=O) groups excluding carboxylic acids is 2. The van der Waals surface area contributed by atoms with Gasteiger partial charge in [0.05, 0.1) is 38.9 Å². The SMILES string of the molecule is CCOc1ccc(CC(=O)N(Cc2ccco2)CC(C)C(=O)OC)cc1. The van der Waals surface area contributed by atoms with Crippen molar-refractivity contribution in [2.45, 2.75) is 26.8 Å². The van der Waals surface area contributed by atoms with Crippen LogP contribution in [0.15, 0.2) is 47.1 Å². The van der Waals surface area contributed by atoms with E-state index in [1.54, 1.807) is 30.2 Å². The summed E-state index contributed by atoms with van der Waals surface area (Å²) in [6.45, 7) is 4.84. The fourth-order valence-electron chi connectivity index (χ4n) is 2.61. The Labute approximate surface area is 153 Å². The van der Waals surface area contributed by atoms with E-state index in [9.17, 15) is 9.59 Å². The Bertz CT molecular complexity index is 694. The van der Waals surface area contributed by atoms with Gasteiger partial charge in [0.15, 0.2) is 0 Å². The van der Waals surface area contributed by atoms with Gasteiger partial charge in [-0.2, -0.15) is 0 Å². The first kappa shape index (κ1) is 19.6. The molecule has 0 radical (unpaired) electrons. The van der Waals surface area contributed by atoms with Crippen LogP contribution in [-0.2, 0) is 27.3 Å². The minimum absolute atomic E-state index is 0.0821. The number of esters is 1. The molecule has 0 saturated carbocycles.